The van der Waals surface area contributed by atoms with Gasteiger partial charge in [-0.15, -0.1) is 0 Å². The summed E-state index contributed by atoms with van der Waals surface area (Å²) in [5.41, 5.74) is 0. The summed E-state index contributed by atoms with van der Waals surface area (Å²) in [6, 6.07) is 0. The van der Waals surface area contributed by atoms with E-state index in [9.17, 15) is 4.79 Å². The molecular weight excluding hydrogens is 494 g/mol. The van der Waals surface area contributed by atoms with Crippen LogP contribution in [0.1, 0.15) is 116 Å². The number of aliphatic carboxylic acids is 1. The molecule has 1 N–H and O–H groups in total. The third kappa shape index (κ3) is 22.7. The summed E-state index contributed by atoms with van der Waals surface area (Å²) in [5, 5.41) is 8.99. The first kappa shape index (κ1) is 43.5. The molecule has 0 aromatic rings. The number of carbonyl (C=O) groups is 1. The molecule has 4 aliphatic carbocycles. The van der Waals surface area contributed by atoms with Gasteiger partial charge < -0.3 is 34.8 Å². The Morgan fingerprint density at radius 1 is 0.545 bits per heavy atom. The molecule has 0 aromatic heterocycles. The Morgan fingerprint density at radius 2 is 0.788 bits per heavy atom. The van der Waals surface area contributed by atoms with Crippen molar-refractivity contribution in [1.82, 2.24) is 4.90 Å². The molecule has 0 saturated heterocycles. The van der Waals surface area contributed by atoms with Crippen LogP contribution in [-0.4, -0.2) is 35.6 Å². The minimum absolute atomic E-state index is 0. The molecule has 202 valence electrons. The van der Waals surface area contributed by atoms with E-state index in [1.807, 2.05) is 0 Å². The number of carboxylic acids is 1. The van der Waals surface area contributed by atoms with Crippen molar-refractivity contribution in [3.63, 3.8) is 0 Å². The molecule has 0 radical (unpaired) electrons. The molecule has 0 bridgehead atoms. The van der Waals surface area contributed by atoms with Crippen LogP contribution in [0.25, 0.3) is 0 Å². The number of carboxylic acid groups (broad SMARTS) is 1. The molecule has 4 fully saturated rings. The normalized spacial score (nSPS) is 18.9. The van der Waals surface area contributed by atoms with Crippen LogP contribution in [0.15, 0.2) is 0 Å². The molecule has 4 aliphatic rings. The van der Waals surface area contributed by atoms with Gasteiger partial charge in [0.25, 0.3) is 0 Å². The van der Waals surface area contributed by atoms with Gasteiger partial charge in [0, 0.05) is 13.1 Å². The van der Waals surface area contributed by atoms with Gasteiger partial charge in [-0.2, -0.15) is 0 Å². The van der Waals surface area contributed by atoms with E-state index in [2.05, 4.69) is 4.90 Å². The fourth-order valence-corrected chi connectivity index (χ4v) is 5.28. The van der Waals surface area contributed by atoms with Crippen molar-refractivity contribution in [2.45, 2.75) is 116 Å². The zero-order valence-corrected chi connectivity index (χ0v) is 24.7. The van der Waals surface area contributed by atoms with Crippen LogP contribution in [0.3, 0.4) is 0 Å². The fourth-order valence-electron chi connectivity index (χ4n) is 5.28. The monoisotopic (exact) mass is 551 g/mol. The molecule has 0 aromatic carbocycles. The zero-order chi connectivity index (χ0) is 19.2. The van der Waals surface area contributed by atoms with Gasteiger partial charge in [-0.3, -0.25) is 9.69 Å². The molecule has 0 unspecified atom stereocenters. The van der Waals surface area contributed by atoms with E-state index in [1.165, 1.54) is 116 Å². The average Bonchev–Trinajstić information content (AvgIpc) is 3.45. The summed E-state index contributed by atoms with van der Waals surface area (Å²) < 4.78 is 0. The maximum atomic E-state index is 10.9. The van der Waals surface area contributed by atoms with Gasteiger partial charge in [0.2, 0.25) is 0 Å². The van der Waals surface area contributed by atoms with Gasteiger partial charge in [-0.25, -0.2) is 0 Å². The Labute approximate surface area is 231 Å². The van der Waals surface area contributed by atoms with E-state index in [0.717, 1.165) is 24.9 Å². The Balaban J connectivity index is -0.000000138. The first-order valence-electron chi connectivity index (χ1n) is 12.2. The number of nitrogens with zero attached hydrogens (tertiary/aromatic N) is 1. The topological polar surface area (TPSA) is 40.5 Å². The first-order chi connectivity index (χ1) is 13.2. The van der Waals surface area contributed by atoms with Crippen molar-refractivity contribution in [2.24, 2.45) is 11.8 Å². The van der Waals surface area contributed by atoms with Crippen molar-refractivity contribution in [3.05, 3.63) is 29.7 Å². The van der Waals surface area contributed by atoms with Crippen LogP contribution < -0.4 is 0 Å². The van der Waals surface area contributed by atoms with E-state index in [0.29, 0.717) is 0 Å². The van der Waals surface area contributed by atoms with Crippen LogP contribution in [0.4, 0.5) is 0 Å². The Bertz CT molecular complexity index is 333. The van der Waals surface area contributed by atoms with Crippen molar-refractivity contribution < 1.29 is 44.0 Å². The minimum Gasteiger partial charge on any atom is -0.480 e. The van der Waals surface area contributed by atoms with E-state index in [-0.39, 0.29) is 70.4 Å². The molecule has 3 nitrogen and oxygen atoms in total. The summed E-state index contributed by atoms with van der Waals surface area (Å²) in [5.74, 6) is 0.854. The summed E-state index contributed by atoms with van der Waals surface area (Å²) in [6.07, 6.45) is 25.6. The number of hydrogen-bond acceptors (Lipinski definition) is 2. The maximum Gasteiger partial charge on any atom is 2.00 e. The quantitative estimate of drug-likeness (QED) is 0.266. The van der Waals surface area contributed by atoms with Crippen LogP contribution in [0.2, 0.25) is 0 Å². The second kappa shape index (κ2) is 28.7. The first-order valence-corrected chi connectivity index (χ1v) is 12.2. The minimum atomic E-state index is -0.666. The third-order valence-corrected chi connectivity index (χ3v) is 6.84. The number of hydrogen-bond donors (Lipinski definition) is 1. The van der Waals surface area contributed by atoms with Gasteiger partial charge in [-0.05, 0) is 37.5 Å². The van der Waals surface area contributed by atoms with Crippen LogP contribution in [-0.2, 0) is 38.9 Å². The van der Waals surface area contributed by atoms with Gasteiger partial charge >= 0.3 is 40.1 Å². The predicted molar refractivity (Wildman–Crippen MR) is 140 cm³/mol. The Morgan fingerprint density at radius 3 is 1.00 bits per heavy atom. The molecule has 4 rings (SSSR count). The molecule has 0 aliphatic heterocycles. The van der Waals surface area contributed by atoms with Crippen molar-refractivity contribution in [3.8, 4) is 0 Å². The molecule has 0 amide bonds. The fraction of sp³-hybridized carbons (Fsp3) is 0.821. The number of rotatable bonds is 6. The molecular formula is C28H57Fe2NO2. The van der Waals surface area contributed by atoms with Gasteiger partial charge in [-0.1, -0.05) is 89.9 Å². The van der Waals surface area contributed by atoms with Gasteiger partial charge in [0.1, 0.15) is 0 Å². The molecule has 0 spiro atoms. The third-order valence-electron chi connectivity index (χ3n) is 6.84. The second-order valence-electron chi connectivity index (χ2n) is 9.42. The van der Waals surface area contributed by atoms with Crippen LogP contribution in [0.5, 0.6) is 0 Å². The summed E-state index contributed by atoms with van der Waals surface area (Å²) in [6.45, 7) is 2.28. The van der Waals surface area contributed by atoms with Crippen molar-refractivity contribution in [1.29, 1.82) is 0 Å². The predicted octanol–water partition coefficient (Wildman–Crippen LogP) is 8.45. The molecule has 33 heavy (non-hydrogen) atoms. The SMILES string of the molecule is C1CCCC1.C1CCCC1.O=C(O)CN(CC1CCCC1)CC1CCCC1.[CH3-].[CH3-].[CH3-].[CH3-].[Fe+2].[Fe+2]. The van der Waals surface area contributed by atoms with Crippen molar-refractivity contribution >= 4 is 5.97 Å². The molecule has 0 heterocycles. The maximum absolute atomic E-state index is 10.9. The van der Waals surface area contributed by atoms with E-state index in [1.54, 1.807) is 0 Å². The van der Waals surface area contributed by atoms with E-state index >= 15 is 0 Å². The summed E-state index contributed by atoms with van der Waals surface area (Å²) >= 11 is 0. The smallest absolute Gasteiger partial charge is 0.480 e. The molecule has 5 heteroatoms. The Kier molecular flexibility index (Phi) is 37.9. The van der Waals surface area contributed by atoms with Crippen molar-refractivity contribution in [2.75, 3.05) is 19.6 Å². The zero-order valence-electron chi connectivity index (χ0n) is 22.5. The summed E-state index contributed by atoms with van der Waals surface area (Å²) in [7, 11) is 0. The molecule has 0 atom stereocenters. The van der Waals surface area contributed by atoms with Gasteiger partial charge in [0.05, 0.1) is 6.54 Å². The van der Waals surface area contributed by atoms with Crippen LogP contribution >= 0.6 is 0 Å². The van der Waals surface area contributed by atoms with Gasteiger partial charge in [0.15, 0.2) is 0 Å². The average molecular weight is 551 g/mol. The van der Waals surface area contributed by atoms with Crippen LogP contribution in [0, 0.1) is 41.5 Å². The standard InChI is InChI=1S/C14H25NO2.2C5H10.4CH3.2Fe/c16-14(17)11-15(9-12-5-1-2-6-12)10-13-7-3-4-8-13;2*1-2-4-5-3-1;;;;;;/h12-13H,1-11H2,(H,16,17);2*1-5H2;4*1H3;;/q;;;4*-1;2*+2. The Hall–Kier alpha value is 0.469. The second-order valence-corrected chi connectivity index (χ2v) is 9.42. The summed E-state index contributed by atoms with van der Waals surface area (Å²) in [4.78, 5) is 13.1. The van der Waals surface area contributed by atoms with E-state index < -0.39 is 5.97 Å². The van der Waals surface area contributed by atoms with E-state index in [4.69, 9.17) is 5.11 Å². The molecule has 4 saturated carbocycles. The largest absolute Gasteiger partial charge is 2.00 e.